The summed E-state index contributed by atoms with van der Waals surface area (Å²) in [5, 5.41) is 0. The number of hydrogen-bond acceptors (Lipinski definition) is 2. The van der Waals surface area contributed by atoms with Gasteiger partial charge in [0.15, 0.2) is 12.4 Å². The fourth-order valence-corrected chi connectivity index (χ4v) is 3.03. The van der Waals surface area contributed by atoms with Crippen LogP contribution in [0.1, 0.15) is 45.5 Å². The molecule has 0 fully saturated rings. The van der Waals surface area contributed by atoms with Gasteiger partial charge in [0.25, 0.3) is 0 Å². The maximum Gasteiger partial charge on any atom is 0.200 e. The van der Waals surface area contributed by atoms with Crippen molar-refractivity contribution in [1.82, 2.24) is 0 Å². The van der Waals surface area contributed by atoms with Gasteiger partial charge in [0.2, 0.25) is 0 Å². The van der Waals surface area contributed by atoms with Crippen LogP contribution in [0.15, 0.2) is 72.8 Å². The highest BCUT2D eigenvalue weighted by atomic mass is 16.5. The summed E-state index contributed by atoms with van der Waals surface area (Å²) in [5.74, 6) is 0.955. The van der Waals surface area contributed by atoms with Gasteiger partial charge in [-0.2, -0.15) is 0 Å². The number of benzene rings is 3. The molecule has 3 aromatic carbocycles. The minimum Gasteiger partial charge on any atom is -0.485 e. The molecule has 0 aliphatic rings. The molecule has 26 heavy (non-hydrogen) atoms. The zero-order chi connectivity index (χ0) is 18.5. The van der Waals surface area contributed by atoms with Crippen molar-refractivity contribution < 1.29 is 9.53 Å². The third kappa shape index (κ3) is 4.20. The van der Waals surface area contributed by atoms with Gasteiger partial charge in [-0.15, -0.1) is 0 Å². The number of hydrogen-bond donors (Lipinski definition) is 0. The molecule has 0 saturated carbocycles. The Morgan fingerprint density at radius 1 is 0.885 bits per heavy atom. The van der Waals surface area contributed by atoms with Crippen LogP contribution >= 0.6 is 0 Å². The zero-order valence-corrected chi connectivity index (χ0v) is 15.5. The van der Waals surface area contributed by atoms with Gasteiger partial charge in [-0.25, -0.2) is 0 Å². The molecule has 2 nitrogen and oxygen atoms in total. The van der Waals surface area contributed by atoms with E-state index >= 15 is 0 Å². The molecular weight excluding hydrogens is 320 g/mol. The smallest absolute Gasteiger partial charge is 0.200 e. The SMILES string of the molecule is Cc1ccc(C(=O)COc2ccc(C)cc2C(C)c2ccccc2)cc1. The van der Waals surface area contributed by atoms with Gasteiger partial charge in [0.05, 0.1) is 0 Å². The second-order valence-electron chi connectivity index (χ2n) is 6.75. The minimum atomic E-state index is -0.0103. The highest BCUT2D eigenvalue weighted by Gasteiger charge is 2.15. The molecule has 2 heteroatoms. The number of carbonyl (C=O) groups is 1. The van der Waals surface area contributed by atoms with Gasteiger partial charge in [-0.1, -0.05) is 84.8 Å². The largest absolute Gasteiger partial charge is 0.485 e. The number of carbonyl (C=O) groups excluding carboxylic acids is 1. The van der Waals surface area contributed by atoms with Crippen LogP contribution in [0.3, 0.4) is 0 Å². The Labute approximate surface area is 155 Å². The first-order valence-corrected chi connectivity index (χ1v) is 8.93. The van der Waals surface area contributed by atoms with E-state index in [0.29, 0.717) is 5.56 Å². The molecule has 132 valence electrons. The van der Waals surface area contributed by atoms with Crippen molar-refractivity contribution in [3.8, 4) is 5.75 Å². The lowest BCUT2D eigenvalue weighted by atomic mass is 9.91. The van der Waals surface area contributed by atoms with Crippen molar-refractivity contribution in [2.45, 2.75) is 26.7 Å². The van der Waals surface area contributed by atoms with Crippen LogP contribution in [0.4, 0.5) is 0 Å². The zero-order valence-electron chi connectivity index (χ0n) is 15.5. The van der Waals surface area contributed by atoms with Crippen molar-refractivity contribution in [1.29, 1.82) is 0 Å². The number of ether oxygens (including phenoxy) is 1. The summed E-state index contributed by atoms with van der Waals surface area (Å²) < 4.78 is 5.93. The van der Waals surface area contributed by atoms with Crippen LogP contribution in [-0.2, 0) is 0 Å². The van der Waals surface area contributed by atoms with Gasteiger partial charge in [0.1, 0.15) is 5.75 Å². The Morgan fingerprint density at radius 3 is 2.23 bits per heavy atom. The van der Waals surface area contributed by atoms with Crippen LogP contribution in [-0.4, -0.2) is 12.4 Å². The Hall–Kier alpha value is -2.87. The average Bonchev–Trinajstić information content (AvgIpc) is 2.67. The van der Waals surface area contributed by atoms with Crippen LogP contribution < -0.4 is 4.74 Å². The lowest BCUT2D eigenvalue weighted by Crippen LogP contribution is -2.13. The Morgan fingerprint density at radius 2 is 1.54 bits per heavy atom. The van der Waals surface area contributed by atoms with E-state index in [9.17, 15) is 4.79 Å². The Kier molecular flexibility index (Phi) is 5.52. The summed E-state index contributed by atoms with van der Waals surface area (Å²) in [5.41, 5.74) is 5.33. The third-order valence-electron chi connectivity index (χ3n) is 4.66. The standard InChI is InChI=1S/C24H24O2/c1-17-9-12-21(13-10-17)23(25)16-26-24-14-11-18(2)15-22(24)19(3)20-7-5-4-6-8-20/h4-15,19H,16H2,1-3H3. The maximum absolute atomic E-state index is 12.4. The van der Waals surface area contributed by atoms with E-state index in [-0.39, 0.29) is 18.3 Å². The molecule has 3 aromatic rings. The fraction of sp³-hybridized carbons (Fsp3) is 0.208. The van der Waals surface area contributed by atoms with Gasteiger partial charge >= 0.3 is 0 Å². The molecular formula is C24H24O2. The summed E-state index contributed by atoms with van der Waals surface area (Å²) in [4.78, 5) is 12.4. The summed E-state index contributed by atoms with van der Waals surface area (Å²) in [6.07, 6.45) is 0. The molecule has 3 rings (SSSR count). The Bertz CT molecular complexity index is 880. The molecule has 0 heterocycles. The minimum absolute atomic E-state index is 0.0103. The van der Waals surface area contributed by atoms with E-state index in [1.165, 1.54) is 11.1 Å². The monoisotopic (exact) mass is 344 g/mol. The van der Waals surface area contributed by atoms with Crippen molar-refractivity contribution in [3.05, 3.63) is 101 Å². The van der Waals surface area contributed by atoms with Crippen LogP contribution in [0.5, 0.6) is 5.75 Å². The van der Waals surface area contributed by atoms with E-state index in [2.05, 4.69) is 32.0 Å². The lowest BCUT2D eigenvalue weighted by Gasteiger charge is -2.18. The summed E-state index contributed by atoms with van der Waals surface area (Å²) in [6, 6.07) is 24.1. The number of ketones is 1. The molecule has 0 aliphatic heterocycles. The molecule has 0 aliphatic carbocycles. The van der Waals surface area contributed by atoms with Crippen molar-refractivity contribution >= 4 is 5.78 Å². The van der Waals surface area contributed by atoms with E-state index < -0.39 is 0 Å². The predicted molar refractivity (Wildman–Crippen MR) is 106 cm³/mol. The molecule has 0 bridgehead atoms. The molecule has 0 aromatic heterocycles. The predicted octanol–water partition coefficient (Wildman–Crippen LogP) is 5.72. The second kappa shape index (κ2) is 8.01. The van der Waals surface area contributed by atoms with Crippen LogP contribution in [0.2, 0.25) is 0 Å². The topological polar surface area (TPSA) is 26.3 Å². The number of aryl methyl sites for hydroxylation is 2. The van der Waals surface area contributed by atoms with E-state index in [0.717, 1.165) is 16.9 Å². The quantitative estimate of drug-likeness (QED) is 0.535. The van der Waals surface area contributed by atoms with Gasteiger partial charge in [-0.05, 0) is 25.5 Å². The highest BCUT2D eigenvalue weighted by Crippen LogP contribution is 2.32. The molecule has 0 radical (unpaired) electrons. The molecule has 0 saturated heterocycles. The highest BCUT2D eigenvalue weighted by molar-refractivity contribution is 5.97. The van der Waals surface area contributed by atoms with Crippen molar-refractivity contribution in [2.75, 3.05) is 6.61 Å². The van der Waals surface area contributed by atoms with E-state index in [1.807, 2.05) is 61.5 Å². The Balaban J connectivity index is 1.80. The van der Waals surface area contributed by atoms with Crippen molar-refractivity contribution in [2.24, 2.45) is 0 Å². The third-order valence-corrected chi connectivity index (χ3v) is 4.66. The summed E-state index contributed by atoms with van der Waals surface area (Å²) in [6.45, 7) is 6.29. The molecule has 1 unspecified atom stereocenters. The van der Waals surface area contributed by atoms with Gasteiger partial charge < -0.3 is 4.74 Å². The summed E-state index contributed by atoms with van der Waals surface area (Å²) in [7, 11) is 0. The van der Waals surface area contributed by atoms with Crippen LogP contribution in [0.25, 0.3) is 0 Å². The average molecular weight is 344 g/mol. The second-order valence-corrected chi connectivity index (χ2v) is 6.75. The van der Waals surface area contributed by atoms with Gasteiger partial charge in [0, 0.05) is 17.0 Å². The molecule has 1 atom stereocenters. The first kappa shape index (κ1) is 17.9. The number of Topliss-reactive ketones (excluding diaryl/α,β-unsaturated/α-hetero) is 1. The normalized spacial score (nSPS) is 11.8. The molecule has 0 amide bonds. The fourth-order valence-electron chi connectivity index (χ4n) is 3.03. The maximum atomic E-state index is 12.4. The lowest BCUT2D eigenvalue weighted by molar-refractivity contribution is 0.0920. The van der Waals surface area contributed by atoms with E-state index in [4.69, 9.17) is 4.74 Å². The van der Waals surface area contributed by atoms with Crippen molar-refractivity contribution in [3.63, 3.8) is 0 Å². The first-order chi connectivity index (χ1) is 12.5. The number of rotatable bonds is 6. The summed E-state index contributed by atoms with van der Waals surface area (Å²) >= 11 is 0. The molecule has 0 N–H and O–H groups in total. The van der Waals surface area contributed by atoms with E-state index in [1.54, 1.807) is 0 Å². The molecule has 0 spiro atoms. The first-order valence-electron chi connectivity index (χ1n) is 8.93. The van der Waals surface area contributed by atoms with Crippen LogP contribution in [0, 0.1) is 13.8 Å². The van der Waals surface area contributed by atoms with Gasteiger partial charge in [-0.3, -0.25) is 4.79 Å².